The summed E-state index contributed by atoms with van der Waals surface area (Å²) in [5, 5.41) is 9.44. The van der Waals surface area contributed by atoms with Gasteiger partial charge in [0.05, 0.1) is 6.10 Å². The number of carbonyl (C=O) groups is 2. The molecule has 0 unspecified atom stereocenters. The number of aliphatic hydroxyl groups excluding tert-OH is 1. The van der Waals surface area contributed by atoms with Gasteiger partial charge in [-0.05, 0) is 43.7 Å². The minimum atomic E-state index is -3.69. The summed E-state index contributed by atoms with van der Waals surface area (Å²) >= 11 is 0. The van der Waals surface area contributed by atoms with E-state index >= 15 is 0 Å². The van der Waals surface area contributed by atoms with Gasteiger partial charge in [0.25, 0.3) is 0 Å². The molecular weight excluding hydrogens is 358 g/mol. The van der Waals surface area contributed by atoms with Gasteiger partial charge in [0.1, 0.15) is 10.7 Å². The quantitative estimate of drug-likeness (QED) is 0.728. The van der Waals surface area contributed by atoms with E-state index < -0.39 is 10.0 Å². The number of aliphatic hydroxyl groups is 1. The van der Waals surface area contributed by atoms with E-state index in [4.69, 9.17) is 0 Å². The summed E-state index contributed by atoms with van der Waals surface area (Å²) < 4.78 is 27.5. The van der Waals surface area contributed by atoms with Crippen molar-refractivity contribution in [1.29, 1.82) is 0 Å². The van der Waals surface area contributed by atoms with E-state index in [-0.39, 0.29) is 53.4 Å². The number of hydrogen-bond donors (Lipinski definition) is 1. The second-order valence-electron chi connectivity index (χ2n) is 7.27. The Balaban J connectivity index is 1.55. The summed E-state index contributed by atoms with van der Waals surface area (Å²) in [5.74, 6) is -0.286. The van der Waals surface area contributed by atoms with Crippen molar-refractivity contribution >= 4 is 27.7 Å². The third-order valence-corrected chi connectivity index (χ3v) is 7.11. The van der Waals surface area contributed by atoms with Gasteiger partial charge in [-0.25, -0.2) is 18.3 Å². The van der Waals surface area contributed by atoms with Crippen LogP contribution in [0, 0.1) is 5.92 Å². The summed E-state index contributed by atoms with van der Waals surface area (Å²) in [6.45, 7) is 0.412. The topological polar surface area (TPSA) is 108 Å². The van der Waals surface area contributed by atoms with E-state index in [9.17, 15) is 23.1 Å². The molecule has 3 fully saturated rings. The van der Waals surface area contributed by atoms with Crippen LogP contribution >= 0.6 is 0 Å². The number of carbonyl (C=O) groups excluding carboxylic acids is 2. The van der Waals surface area contributed by atoms with E-state index in [1.165, 1.54) is 22.6 Å². The van der Waals surface area contributed by atoms with E-state index in [1.807, 2.05) is 0 Å². The molecule has 140 valence electrons. The summed E-state index contributed by atoms with van der Waals surface area (Å²) in [5.41, 5.74) is 0. The van der Waals surface area contributed by atoms with Gasteiger partial charge < -0.3 is 5.11 Å². The molecule has 2 aliphatic carbocycles. The fourth-order valence-electron chi connectivity index (χ4n) is 3.53. The molecule has 2 heterocycles. The molecule has 0 radical (unpaired) electrons. The molecule has 1 aromatic rings. The van der Waals surface area contributed by atoms with Crippen LogP contribution in [0.5, 0.6) is 0 Å². The molecule has 0 bridgehead atoms. The molecule has 1 N–H and O–H groups in total. The van der Waals surface area contributed by atoms with Crippen LogP contribution < -0.4 is 4.90 Å². The van der Waals surface area contributed by atoms with Gasteiger partial charge in [0, 0.05) is 31.6 Å². The van der Waals surface area contributed by atoms with Crippen LogP contribution in [0.4, 0.5) is 5.82 Å². The van der Waals surface area contributed by atoms with Crippen molar-refractivity contribution in [2.45, 2.75) is 55.6 Å². The minimum Gasteiger partial charge on any atom is -0.393 e. The normalized spacial score (nSPS) is 26.5. The maximum Gasteiger partial charge on any atom is 0.244 e. The standard InChI is InChI=1S/C17H21N3O5S/c21-13-7-11(8-13)10-19(12-1-2-12)26(24,25)14-3-4-15(18-9-14)20-16(22)5-6-17(20)23/h3-4,9,11-13,21H,1-2,5-8,10H2. The maximum absolute atomic E-state index is 13.0. The molecule has 9 heteroatoms. The molecule has 2 amide bonds. The highest BCUT2D eigenvalue weighted by Crippen LogP contribution is 2.36. The van der Waals surface area contributed by atoms with Gasteiger partial charge in [-0.1, -0.05) is 0 Å². The predicted octanol–water partition coefficient (Wildman–Crippen LogP) is 0.659. The Kier molecular flexibility index (Phi) is 4.32. The van der Waals surface area contributed by atoms with Crippen LogP contribution in [0.15, 0.2) is 23.2 Å². The number of hydrogen-bond acceptors (Lipinski definition) is 6. The Bertz CT molecular complexity index is 812. The smallest absolute Gasteiger partial charge is 0.244 e. The lowest BCUT2D eigenvalue weighted by molar-refractivity contribution is -0.121. The van der Waals surface area contributed by atoms with Crippen LogP contribution in [0.2, 0.25) is 0 Å². The fourth-order valence-corrected chi connectivity index (χ4v) is 5.24. The number of amides is 2. The van der Waals surface area contributed by atoms with E-state index in [0.29, 0.717) is 19.4 Å². The molecule has 0 atom stereocenters. The summed E-state index contributed by atoms with van der Waals surface area (Å²) in [7, 11) is -3.69. The van der Waals surface area contributed by atoms with Crippen molar-refractivity contribution in [3.8, 4) is 0 Å². The molecule has 4 rings (SSSR count). The molecule has 8 nitrogen and oxygen atoms in total. The summed E-state index contributed by atoms with van der Waals surface area (Å²) in [6.07, 6.45) is 4.17. The third kappa shape index (κ3) is 3.15. The monoisotopic (exact) mass is 379 g/mol. The van der Waals surface area contributed by atoms with Crippen molar-refractivity contribution in [1.82, 2.24) is 9.29 Å². The number of rotatable bonds is 6. The van der Waals surface area contributed by atoms with Crippen molar-refractivity contribution in [3.05, 3.63) is 18.3 Å². The summed E-state index contributed by atoms with van der Waals surface area (Å²) in [4.78, 5) is 28.7. The van der Waals surface area contributed by atoms with Crippen molar-refractivity contribution in [2.24, 2.45) is 5.92 Å². The highest BCUT2D eigenvalue weighted by Gasteiger charge is 2.41. The van der Waals surface area contributed by atoms with Gasteiger partial charge in [-0.2, -0.15) is 4.31 Å². The molecule has 3 aliphatic rings. The van der Waals surface area contributed by atoms with Crippen LogP contribution in [-0.4, -0.2) is 53.3 Å². The first kappa shape index (κ1) is 17.6. The van der Waals surface area contributed by atoms with E-state index in [1.54, 1.807) is 0 Å². The van der Waals surface area contributed by atoms with Gasteiger partial charge in [0.2, 0.25) is 21.8 Å². The number of pyridine rings is 1. The van der Waals surface area contributed by atoms with Crippen LogP contribution in [0.25, 0.3) is 0 Å². The first-order chi connectivity index (χ1) is 12.4. The van der Waals surface area contributed by atoms with Gasteiger partial charge in [-0.3, -0.25) is 9.59 Å². The van der Waals surface area contributed by atoms with E-state index in [0.717, 1.165) is 17.7 Å². The third-order valence-electron chi connectivity index (χ3n) is 5.21. The van der Waals surface area contributed by atoms with Crippen molar-refractivity contribution in [3.63, 3.8) is 0 Å². The Hall–Kier alpha value is -1.84. The lowest BCUT2D eigenvalue weighted by Crippen LogP contribution is -2.42. The van der Waals surface area contributed by atoms with Crippen LogP contribution in [0.1, 0.15) is 38.5 Å². The summed E-state index contributed by atoms with van der Waals surface area (Å²) in [6, 6.07) is 2.83. The van der Waals surface area contributed by atoms with Gasteiger partial charge >= 0.3 is 0 Å². The van der Waals surface area contributed by atoms with Crippen molar-refractivity contribution < 1.29 is 23.1 Å². The molecular formula is C17H21N3O5S. The second-order valence-corrected chi connectivity index (χ2v) is 9.16. The first-order valence-electron chi connectivity index (χ1n) is 8.88. The maximum atomic E-state index is 13.0. The fraction of sp³-hybridized carbons (Fsp3) is 0.588. The molecule has 26 heavy (non-hydrogen) atoms. The predicted molar refractivity (Wildman–Crippen MR) is 91.6 cm³/mol. The zero-order valence-corrected chi connectivity index (χ0v) is 15.1. The Labute approximate surface area is 151 Å². The molecule has 0 aromatic carbocycles. The molecule has 0 spiro atoms. The SMILES string of the molecule is O=C1CCC(=O)N1c1ccc(S(=O)(=O)N(CC2CC(O)C2)C2CC2)cn1. The van der Waals surface area contributed by atoms with Gasteiger partial charge in [-0.15, -0.1) is 0 Å². The number of imide groups is 1. The second kappa shape index (κ2) is 6.40. The zero-order chi connectivity index (χ0) is 18.5. The highest BCUT2D eigenvalue weighted by atomic mass is 32.2. The number of sulfonamides is 1. The molecule has 1 aromatic heterocycles. The average Bonchev–Trinajstić information content (AvgIpc) is 3.35. The average molecular weight is 379 g/mol. The minimum absolute atomic E-state index is 0.0131. The molecule has 1 aliphatic heterocycles. The zero-order valence-electron chi connectivity index (χ0n) is 14.2. The van der Waals surface area contributed by atoms with E-state index in [2.05, 4.69) is 4.98 Å². The number of aromatic nitrogens is 1. The molecule has 1 saturated heterocycles. The number of anilines is 1. The Morgan fingerprint density at radius 1 is 1.15 bits per heavy atom. The Morgan fingerprint density at radius 3 is 2.31 bits per heavy atom. The first-order valence-corrected chi connectivity index (χ1v) is 10.3. The largest absolute Gasteiger partial charge is 0.393 e. The van der Waals surface area contributed by atoms with Crippen LogP contribution in [0.3, 0.4) is 0 Å². The highest BCUT2D eigenvalue weighted by molar-refractivity contribution is 7.89. The lowest BCUT2D eigenvalue weighted by atomic mass is 9.82. The Morgan fingerprint density at radius 2 is 1.81 bits per heavy atom. The lowest BCUT2D eigenvalue weighted by Gasteiger charge is -2.35. The van der Waals surface area contributed by atoms with Crippen molar-refractivity contribution in [2.75, 3.05) is 11.4 Å². The van der Waals surface area contributed by atoms with Gasteiger partial charge in [0.15, 0.2) is 0 Å². The number of nitrogens with zero attached hydrogens (tertiary/aromatic N) is 3. The molecule has 2 saturated carbocycles. The van der Waals surface area contributed by atoms with Crippen LogP contribution in [-0.2, 0) is 19.6 Å².